The van der Waals surface area contributed by atoms with Crippen molar-refractivity contribution in [3.8, 4) is 11.1 Å². The predicted molar refractivity (Wildman–Crippen MR) is 137 cm³/mol. The Morgan fingerprint density at radius 2 is 1.74 bits per heavy atom. The molecule has 0 fully saturated rings. The topological polar surface area (TPSA) is 65.5 Å². The van der Waals surface area contributed by atoms with Gasteiger partial charge in [-0.25, -0.2) is 5.01 Å². The first-order valence-corrected chi connectivity index (χ1v) is 11.7. The molecule has 0 spiro atoms. The van der Waals surface area contributed by atoms with Gasteiger partial charge in [0.25, 0.3) is 5.56 Å². The molecule has 170 valence electrons. The van der Waals surface area contributed by atoms with Gasteiger partial charge in [0.05, 0.1) is 17.3 Å². The van der Waals surface area contributed by atoms with Crippen molar-refractivity contribution in [3.63, 3.8) is 0 Å². The van der Waals surface area contributed by atoms with Gasteiger partial charge in [-0.15, -0.1) is 0 Å². The quantitative estimate of drug-likeness (QED) is 0.422. The Labute approximate surface area is 198 Å². The summed E-state index contributed by atoms with van der Waals surface area (Å²) in [6.45, 7) is 5.93. The van der Waals surface area contributed by atoms with E-state index in [0.717, 1.165) is 38.7 Å². The maximum atomic E-state index is 13.5. The highest BCUT2D eigenvalue weighted by Crippen LogP contribution is 2.38. The molecule has 0 saturated carbocycles. The maximum absolute atomic E-state index is 13.5. The first-order valence-electron chi connectivity index (χ1n) is 11.7. The van der Waals surface area contributed by atoms with Crippen molar-refractivity contribution in [2.24, 2.45) is 5.10 Å². The Hall–Kier alpha value is -3.99. The van der Waals surface area contributed by atoms with Crippen molar-refractivity contribution in [2.45, 2.75) is 39.7 Å². The van der Waals surface area contributed by atoms with Crippen LogP contribution in [0, 0.1) is 13.8 Å². The van der Waals surface area contributed by atoms with E-state index in [9.17, 15) is 9.59 Å². The predicted octanol–water partition coefficient (Wildman–Crippen LogP) is 5.90. The fourth-order valence-corrected chi connectivity index (χ4v) is 4.84. The molecule has 3 aromatic carbocycles. The SMILES string of the molecule is CCC(=O)N1N=C(c2c(-c3ccccc3)c3cc(C)ccc3[nH]c2=O)CC1c1ccccc1C. The van der Waals surface area contributed by atoms with Crippen LogP contribution in [0.25, 0.3) is 22.0 Å². The summed E-state index contributed by atoms with van der Waals surface area (Å²) in [4.78, 5) is 29.5. The van der Waals surface area contributed by atoms with Crippen molar-refractivity contribution < 1.29 is 4.79 Å². The van der Waals surface area contributed by atoms with E-state index >= 15 is 0 Å². The van der Waals surface area contributed by atoms with Crippen LogP contribution in [0.3, 0.4) is 0 Å². The summed E-state index contributed by atoms with van der Waals surface area (Å²) >= 11 is 0. The first-order chi connectivity index (χ1) is 16.5. The third kappa shape index (κ3) is 3.73. The number of aromatic amines is 1. The van der Waals surface area contributed by atoms with E-state index in [1.807, 2.05) is 87.5 Å². The van der Waals surface area contributed by atoms with Crippen LogP contribution in [-0.4, -0.2) is 21.6 Å². The van der Waals surface area contributed by atoms with Gasteiger partial charge in [0.2, 0.25) is 5.91 Å². The fourth-order valence-electron chi connectivity index (χ4n) is 4.84. The highest BCUT2D eigenvalue weighted by Gasteiger charge is 2.35. The molecule has 5 heteroatoms. The minimum atomic E-state index is -0.236. The lowest BCUT2D eigenvalue weighted by atomic mass is 9.90. The molecule has 5 rings (SSSR count). The largest absolute Gasteiger partial charge is 0.321 e. The van der Waals surface area contributed by atoms with Crippen LogP contribution in [0.15, 0.2) is 82.7 Å². The summed E-state index contributed by atoms with van der Waals surface area (Å²) in [7, 11) is 0. The number of carbonyl (C=O) groups is 1. The van der Waals surface area contributed by atoms with Crippen LogP contribution in [0.4, 0.5) is 0 Å². The summed E-state index contributed by atoms with van der Waals surface area (Å²) in [6, 6.07) is 23.8. The van der Waals surface area contributed by atoms with E-state index in [1.54, 1.807) is 5.01 Å². The summed E-state index contributed by atoms with van der Waals surface area (Å²) < 4.78 is 0. The van der Waals surface area contributed by atoms with Gasteiger partial charge in [0, 0.05) is 29.3 Å². The summed E-state index contributed by atoms with van der Waals surface area (Å²) in [5, 5.41) is 7.33. The van der Waals surface area contributed by atoms with E-state index in [2.05, 4.69) is 11.1 Å². The molecule has 4 aromatic rings. The molecule has 1 atom stereocenters. The molecule has 2 heterocycles. The van der Waals surface area contributed by atoms with Crippen LogP contribution >= 0.6 is 0 Å². The van der Waals surface area contributed by atoms with Crippen molar-refractivity contribution in [1.29, 1.82) is 0 Å². The number of aromatic nitrogens is 1. The van der Waals surface area contributed by atoms with Crippen LogP contribution in [0.2, 0.25) is 0 Å². The lowest BCUT2D eigenvalue weighted by molar-refractivity contribution is -0.132. The number of carbonyl (C=O) groups excluding carboxylic acids is 1. The molecule has 1 aliphatic rings. The van der Waals surface area contributed by atoms with Crippen molar-refractivity contribution in [1.82, 2.24) is 9.99 Å². The number of amides is 1. The molecule has 0 radical (unpaired) electrons. The number of benzene rings is 3. The first kappa shape index (κ1) is 21.8. The smallest absolute Gasteiger partial charge is 0.258 e. The molecule has 1 unspecified atom stereocenters. The zero-order valence-electron chi connectivity index (χ0n) is 19.6. The molecule has 1 aliphatic heterocycles. The van der Waals surface area contributed by atoms with E-state index < -0.39 is 0 Å². The molecule has 0 bridgehead atoms. The molecule has 0 aliphatic carbocycles. The van der Waals surface area contributed by atoms with E-state index in [0.29, 0.717) is 24.1 Å². The van der Waals surface area contributed by atoms with Crippen LogP contribution in [0.1, 0.15) is 48.1 Å². The van der Waals surface area contributed by atoms with E-state index in [4.69, 9.17) is 5.10 Å². The van der Waals surface area contributed by atoms with Crippen molar-refractivity contribution in [2.75, 3.05) is 0 Å². The van der Waals surface area contributed by atoms with Crippen LogP contribution in [0.5, 0.6) is 0 Å². The second-order valence-corrected chi connectivity index (χ2v) is 8.83. The lowest BCUT2D eigenvalue weighted by Gasteiger charge is -2.23. The number of hydrogen-bond acceptors (Lipinski definition) is 3. The van der Waals surface area contributed by atoms with Crippen LogP contribution < -0.4 is 5.56 Å². The van der Waals surface area contributed by atoms with Gasteiger partial charge >= 0.3 is 0 Å². The van der Waals surface area contributed by atoms with Crippen molar-refractivity contribution in [3.05, 3.63) is 105 Å². The number of nitrogens with zero attached hydrogens (tertiary/aromatic N) is 2. The number of H-pyrrole nitrogens is 1. The zero-order valence-corrected chi connectivity index (χ0v) is 19.6. The number of pyridine rings is 1. The number of rotatable bonds is 4. The fraction of sp³-hybridized carbons (Fsp3) is 0.207. The normalized spacial score (nSPS) is 15.6. The van der Waals surface area contributed by atoms with Crippen molar-refractivity contribution >= 4 is 22.5 Å². The van der Waals surface area contributed by atoms with Gasteiger partial charge in [0.15, 0.2) is 0 Å². The monoisotopic (exact) mass is 449 g/mol. The molecule has 5 nitrogen and oxygen atoms in total. The second-order valence-electron chi connectivity index (χ2n) is 8.83. The summed E-state index contributed by atoms with van der Waals surface area (Å²) in [5.74, 6) is -0.0578. The highest BCUT2D eigenvalue weighted by atomic mass is 16.2. The Morgan fingerprint density at radius 3 is 2.47 bits per heavy atom. The van der Waals surface area contributed by atoms with Gasteiger partial charge in [-0.3, -0.25) is 9.59 Å². The summed E-state index contributed by atoms with van der Waals surface area (Å²) in [6.07, 6.45) is 0.828. The molecule has 1 amide bonds. The Kier molecular flexibility index (Phi) is 5.62. The molecular formula is C29H27N3O2. The third-order valence-corrected chi connectivity index (χ3v) is 6.54. The highest BCUT2D eigenvalue weighted by molar-refractivity contribution is 6.13. The Bertz CT molecular complexity index is 1480. The average molecular weight is 450 g/mol. The average Bonchev–Trinajstić information content (AvgIpc) is 3.28. The molecule has 1 N–H and O–H groups in total. The Balaban J connectivity index is 1.76. The minimum absolute atomic E-state index is 0.0578. The maximum Gasteiger partial charge on any atom is 0.258 e. The molecule has 0 saturated heterocycles. The van der Waals surface area contributed by atoms with Gasteiger partial charge in [0.1, 0.15) is 0 Å². The van der Waals surface area contributed by atoms with E-state index in [1.165, 1.54) is 0 Å². The second kappa shape index (κ2) is 8.75. The number of aryl methyl sites for hydroxylation is 2. The number of hydrogen-bond donors (Lipinski definition) is 1. The van der Waals surface area contributed by atoms with Gasteiger partial charge in [-0.05, 0) is 42.7 Å². The molecular weight excluding hydrogens is 422 g/mol. The number of nitrogens with one attached hydrogen (secondary N) is 1. The third-order valence-electron chi connectivity index (χ3n) is 6.54. The van der Waals surface area contributed by atoms with Crippen LogP contribution in [-0.2, 0) is 4.79 Å². The minimum Gasteiger partial charge on any atom is -0.321 e. The lowest BCUT2D eigenvalue weighted by Crippen LogP contribution is -2.26. The van der Waals surface area contributed by atoms with Gasteiger partial charge in [-0.2, -0.15) is 5.10 Å². The molecule has 1 aromatic heterocycles. The molecule has 34 heavy (non-hydrogen) atoms. The Morgan fingerprint density at radius 1 is 1.00 bits per heavy atom. The van der Waals surface area contributed by atoms with E-state index in [-0.39, 0.29) is 17.5 Å². The number of fused-ring (bicyclic) bond motifs is 1. The standard InChI is InChI=1S/C29H27N3O2/c1-4-26(33)32-25(21-13-9-8-10-19(21)3)17-24(31-32)28-27(20-11-6-5-7-12-20)22-16-18(2)14-15-23(22)30-29(28)34/h5-16,25H,4,17H2,1-3H3,(H,30,34). The van der Waals surface area contributed by atoms with Gasteiger partial charge in [-0.1, -0.05) is 73.2 Å². The summed E-state index contributed by atoms with van der Waals surface area (Å²) in [5.41, 5.74) is 6.84. The van der Waals surface area contributed by atoms with Gasteiger partial charge < -0.3 is 4.98 Å². The zero-order chi connectivity index (χ0) is 23.8. The number of hydrazone groups is 1.